The first kappa shape index (κ1) is 14.8. The number of hydrogen-bond acceptors (Lipinski definition) is 7. The molecule has 9 nitrogen and oxygen atoms in total. The predicted octanol–water partition coefficient (Wildman–Crippen LogP) is 0.880. The smallest absolute Gasteiger partial charge is 0.262 e. The average Bonchev–Trinajstić information content (AvgIpc) is 3.20. The van der Waals surface area contributed by atoms with Crippen LogP contribution in [0.3, 0.4) is 0 Å². The molecule has 1 aromatic carbocycles. The van der Waals surface area contributed by atoms with Gasteiger partial charge < -0.3 is 0 Å². The van der Waals surface area contributed by atoms with E-state index in [4.69, 9.17) is 0 Å². The number of benzene rings is 1. The fourth-order valence-electron chi connectivity index (χ4n) is 2.67. The third-order valence-corrected chi connectivity index (χ3v) is 4.81. The molecule has 0 spiro atoms. The summed E-state index contributed by atoms with van der Waals surface area (Å²) >= 11 is 1.47. The maximum atomic E-state index is 12.6. The SMILES string of the molecule is CCn1c(=O)c2ccccc2n2c(CSc3nnnn3C)nnc12. The van der Waals surface area contributed by atoms with Crippen LogP contribution in [-0.2, 0) is 19.3 Å². The molecule has 0 aliphatic rings. The zero-order valence-corrected chi connectivity index (χ0v) is 13.9. The van der Waals surface area contributed by atoms with Gasteiger partial charge in [0.05, 0.1) is 16.7 Å². The van der Waals surface area contributed by atoms with Crippen LogP contribution in [0.15, 0.2) is 34.2 Å². The number of aryl methyl sites for hydroxylation is 2. The molecule has 0 fully saturated rings. The minimum Gasteiger partial charge on any atom is -0.277 e. The van der Waals surface area contributed by atoms with Gasteiger partial charge in [-0.2, -0.15) is 0 Å². The second-order valence-corrected chi connectivity index (χ2v) is 6.13. The lowest BCUT2D eigenvalue weighted by Crippen LogP contribution is -2.22. The summed E-state index contributed by atoms with van der Waals surface area (Å²) in [5.74, 6) is 1.84. The van der Waals surface area contributed by atoms with Crippen LogP contribution in [0.4, 0.5) is 0 Å². The van der Waals surface area contributed by atoms with Crippen LogP contribution in [0.2, 0.25) is 0 Å². The maximum Gasteiger partial charge on any atom is 0.262 e. The van der Waals surface area contributed by atoms with E-state index in [-0.39, 0.29) is 5.56 Å². The Morgan fingerprint density at radius 2 is 2.00 bits per heavy atom. The van der Waals surface area contributed by atoms with Gasteiger partial charge in [-0.1, -0.05) is 23.9 Å². The van der Waals surface area contributed by atoms with Crippen molar-refractivity contribution in [2.75, 3.05) is 0 Å². The number of aromatic nitrogens is 8. The van der Waals surface area contributed by atoms with E-state index in [2.05, 4.69) is 25.7 Å². The van der Waals surface area contributed by atoms with Crippen LogP contribution in [0.1, 0.15) is 12.7 Å². The lowest BCUT2D eigenvalue weighted by molar-refractivity contribution is 0.664. The highest BCUT2D eigenvalue weighted by molar-refractivity contribution is 7.98. The molecule has 0 saturated heterocycles. The standard InChI is InChI=1S/C14H14N8OS/c1-3-21-12(23)9-6-4-5-7-10(9)22-11(15-16-13(21)22)8-24-14-17-18-19-20(14)2/h4-7H,3,8H2,1-2H3. The van der Waals surface area contributed by atoms with Gasteiger partial charge in [0.25, 0.3) is 5.56 Å². The molecule has 3 heterocycles. The minimum absolute atomic E-state index is 0.0512. The molecule has 0 radical (unpaired) electrons. The zero-order chi connectivity index (χ0) is 16.7. The molecule has 3 aromatic heterocycles. The van der Waals surface area contributed by atoms with E-state index >= 15 is 0 Å². The summed E-state index contributed by atoms with van der Waals surface area (Å²) in [6.07, 6.45) is 0. The molecule has 0 bridgehead atoms. The van der Waals surface area contributed by atoms with Crippen molar-refractivity contribution in [3.8, 4) is 0 Å². The average molecular weight is 342 g/mol. The third-order valence-electron chi connectivity index (χ3n) is 3.80. The van der Waals surface area contributed by atoms with Gasteiger partial charge in [-0.3, -0.25) is 13.8 Å². The monoisotopic (exact) mass is 342 g/mol. The van der Waals surface area contributed by atoms with E-state index in [0.29, 0.717) is 28.6 Å². The molecule has 122 valence electrons. The third kappa shape index (κ3) is 2.18. The van der Waals surface area contributed by atoms with Crippen molar-refractivity contribution in [2.45, 2.75) is 24.4 Å². The van der Waals surface area contributed by atoms with Gasteiger partial charge in [-0.25, -0.2) is 4.68 Å². The highest BCUT2D eigenvalue weighted by Gasteiger charge is 2.16. The van der Waals surface area contributed by atoms with Crippen molar-refractivity contribution in [3.05, 3.63) is 40.4 Å². The van der Waals surface area contributed by atoms with Crippen molar-refractivity contribution in [1.82, 2.24) is 39.4 Å². The fourth-order valence-corrected chi connectivity index (χ4v) is 3.43. The molecule has 0 unspecified atom stereocenters. The first-order chi connectivity index (χ1) is 11.7. The van der Waals surface area contributed by atoms with Gasteiger partial charge in [-0.15, -0.1) is 15.3 Å². The van der Waals surface area contributed by atoms with E-state index in [1.807, 2.05) is 35.6 Å². The molecule has 10 heteroatoms. The second kappa shape index (κ2) is 5.71. The Hall–Kier alpha value is -2.75. The highest BCUT2D eigenvalue weighted by atomic mass is 32.2. The van der Waals surface area contributed by atoms with Crippen LogP contribution in [0.5, 0.6) is 0 Å². The lowest BCUT2D eigenvalue weighted by atomic mass is 10.2. The van der Waals surface area contributed by atoms with Crippen molar-refractivity contribution >= 4 is 28.4 Å². The summed E-state index contributed by atoms with van der Waals surface area (Å²) in [5, 5.41) is 21.2. The van der Waals surface area contributed by atoms with Crippen molar-refractivity contribution in [1.29, 1.82) is 0 Å². The molecule has 4 aromatic rings. The van der Waals surface area contributed by atoms with Gasteiger partial charge in [0.15, 0.2) is 0 Å². The summed E-state index contributed by atoms with van der Waals surface area (Å²) in [6, 6.07) is 7.50. The summed E-state index contributed by atoms with van der Waals surface area (Å²) in [7, 11) is 1.79. The number of nitrogens with zero attached hydrogens (tertiary/aromatic N) is 8. The minimum atomic E-state index is -0.0512. The first-order valence-electron chi connectivity index (χ1n) is 7.41. The molecule has 0 aliphatic carbocycles. The molecule has 0 N–H and O–H groups in total. The number of hydrogen-bond donors (Lipinski definition) is 0. The normalized spacial score (nSPS) is 11.6. The number of thioether (sulfide) groups is 1. The Kier molecular flexibility index (Phi) is 3.53. The Balaban J connectivity index is 1.90. The zero-order valence-electron chi connectivity index (χ0n) is 13.1. The summed E-state index contributed by atoms with van der Waals surface area (Å²) in [6.45, 7) is 2.45. The Bertz CT molecular complexity index is 1100. The van der Waals surface area contributed by atoms with Crippen LogP contribution in [0, 0.1) is 0 Å². The van der Waals surface area contributed by atoms with Crippen LogP contribution in [-0.4, -0.2) is 39.4 Å². The maximum absolute atomic E-state index is 12.6. The van der Waals surface area contributed by atoms with E-state index in [0.717, 1.165) is 11.3 Å². The van der Waals surface area contributed by atoms with E-state index in [1.54, 1.807) is 16.3 Å². The topological polar surface area (TPSA) is 95.8 Å². The van der Waals surface area contributed by atoms with Crippen LogP contribution < -0.4 is 5.56 Å². The van der Waals surface area contributed by atoms with E-state index in [1.165, 1.54) is 11.8 Å². The number of rotatable bonds is 4. The highest BCUT2D eigenvalue weighted by Crippen LogP contribution is 2.21. The summed E-state index contributed by atoms with van der Waals surface area (Å²) < 4.78 is 5.17. The Labute approximate surface area is 140 Å². The van der Waals surface area contributed by atoms with Gasteiger partial charge in [0.1, 0.15) is 5.82 Å². The molecule has 24 heavy (non-hydrogen) atoms. The van der Waals surface area contributed by atoms with Crippen molar-refractivity contribution in [2.24, 2.45) is 7.05 Å². The first-order valence-corrected chi connectivity index (χ1v) is 8.40. The molecular weight excluding hydrogens is 328 g/mol. The van der Waals surface area contributed by atoms with Crippen molar-refractivity contribution in [3.63, 3.8) is 0 Å². The molecular formula is C14H14N8OS. The number of para-hydroxylation sites is 1. The van der Waals surface area contributed by atoms with Gasteiger partial charge >= 0.3 is 0 Å². The van der Waals surface area contributed by atoms with Crippen LogP contribution >= 0.6 is 11.8 Å². The van der Waals surface area contributed by atoms with E-state index < -0.39 is 0 Å². The summed E-state index contributed by atoms with van der Waals surface area (Å²) in [4.78, 5) is 12.6. The molecule has 0 aliphatic heterocycles. The van der Waals surface area contributed by atoms with Gasteiger partial charge in [-0.05, 0) is 29.5 Å². The number of tetrazole rings is 1. The quantitative estimate of drug-likeness (QED) is 0.508. The summed E-state index contributed by atoms with van der Waals surface area (Å²) in [5.41, 5.74) is 0.753. The molecule has 0 amide bonds. The molecule has 4 rings (SSSR count). The lowest BCUT2D eigenvalue weighted by Gasteiger charge is -2.09. The Morgan fingerprint density at radius 1 is 1.17 bits per heavy atom. The predicted molar refractivity (Wildman–Crippen MR) is 88.8 cm³/mol. The largest absolute Gasteiger partial charge is 0.277 e. The van der Waals surface area contributed by atoms with E-state index in [9.17, 15) is 4.79 Å². The second-order valence-electron chi connectivity index (χ2n) is 5.19. The number of fused-ring (bicyclic) bond motifs is 3. The Morgan fingerprint density at radius 3 is 2.75 bits per heavy atom. The van der Waals surface area contributed by atoms with Gasteiger partial charge in [0, 0.05) is 13.6 Å². The molecule has 0 atom stereocenters. The van der Waals surface area contributed by atoms with Gasteiger partial charge in [0.2, 0.25) is 10.9 Å². The van der Waals surface area contributed by atoms with Crippen LogP contribution in [0.25, 0.3) is 16.7 Å². The van der Waals surface area contributed by atoms with Crippen molar-refractivity contribution < 1.29 is 0 Å². The molecule has 0 saturated carbocycles. The fraction of sp³-hybridized carbons (Fsp3) is 0.286.